The van der Waals surface area contributed by atoms with E-state index in [1.807, 2.05) is 0 Å². The highest BCUT2D eigenvalue weighted by molar-refractivity contribution is 6.06. The summed E-state index contributed by atoms with van der Waals surface area (Å²) in [5.74, 6) is -0.204. The first-order chi connectivity index (χ1) is 7.29. The first kappa shape index (κ1) is 12.8. The molecule has 0 spiro atoms. The molecule has 0 aromatic carbocycles. The van der Waals surface area contributed by atoms with Crippen molar-refractivity contribution in [2.24, 2.45) is 0 Å². The van der Waals surface area contributed by atoms with E-state index in [-0.39, 0.29) is 5.78 Å². The number of ketones is 1. The minimum atomic E-state index is -0.204. The lowest BCUT2D eigenvalue weighted by atomic mass is 10.2. The zero-order valence-corrected chi connectivity index (χ0v) is 8.36. The van der Waals surface area contributed by atoms with Crippen LogP contribution in [-0.2, 0) is 0 Å². The number of rotatable bonds is 4. The Bertz CT molecular complexity index is 361. The molecule has 0 radical (unpaired) electrons. The van der Waals surface area contributed by atoms with E-state index in [1.165, 1.54) is 12.3 Å². The van der Waals surface area contributed by atoms with Crippen LogP contribution in [0.3, 0.4) is 0 Å². The number of anilines is 1. The van der Waals surface area contributed by atoms with Crippen molar-refractivity contribution in [1.29, 1.82) is 5.41 Å². The van der Waals surface area contributed by atoms with Crippen molar-refractivity contribution < 1.29 is 4.79 Å². The van der Waals surface area contributed by atoms with Crippen LogP contribution in [0.5, 0.6) is 0 Å². The summed E-state index contributed by atoms with van der Waals surface area (Å²) in [5, 5.41) is 8.32. The molecule has 0 saturated carbocycles. The first-order valence-electron chi connectivity index (χ1n) is 4.14. The summed E-state index contributed by atoms with van der Waals surface area (Å²) in [4.78, 5) is 15.2. The molecular formula is C11H13N3O. The van der Waals surface area contributed by atoms with Crippen LogP contribution in [0.25, 0.3) is 0 Å². The van der Waals surface area contributed by atoms with E-state index in [0.29, 0.717) is 11.4 Å². The maximum absolute atomic E-state index is 11.3. The number of carbonyl (C=O) groups excluding carboxylic acids is 1. The van der Waals surface area contributed by atoms with Gasteiger partial charge in [0.1, 0.15) is 5.69 Å². The van der Waals surface area contributed by atoms with E-state index in [0.717, 1.165) is 0 Å². The van der Waals surface area contributed by atoms with Crippen LogP contribution in [0.4, 0.5) is 5.69 Å². The monoisotopic (exact) mass is 203 g/mol. The second-order valence-electron chi connectivity index (χ2n) is 2.32. The van der Waals surface area contributed by atoms with Crippen LogP contribution in [-0.4, -0.2) is 17.5 Å². The third-order valence-corrected chi connectivity index (χ3v) is 1.48. The number of hydrogen-bond acceptors (Lipinski definition) is 4. The van der Waals surface area contributed by atoms with E-state index in [1.54, 1.807) is 18.3 Å². The van der Waals surface area contributed by atoms with Gasteiger partial charge in [0.15, 0.2) is 0 Å². The quantitative estimate of drug-likeness (QED) is 0.448. The third kappa shape index (κ3) is 3.56. The number of nitrogens with one attached hydrogen (secondary N) is 2. The third-order valence-electron chi connectivity index (χ3n) is 1.48. The second-order valence-corrected chi connectivity index (χ2v) is 2.32. The van der Waals surface area contributed by atoms with E-state index < -0.39 is 0 Å². The molecule has 0 aliphatic carbocycles. The van der Waals surface area contributed by atoms with Gasteiger partial charge in [0.05, 0.1) is 5.69 Å². The van der Waals surface area contributed by atoms with Crippen molar-refractivity contribution >= 4 is 18.2 Å². The summed E-state index contributed by atoms with van der Waals surface area (Å²) in [7, 11) is 0. The Morgan fingerprint density at radius 1 is 1.47 bits per heavy atom. The van der Waals surface area contributed by atoms with Crippen molar-refractivity contribution in [3.63, 3.8) is 0 Å². The average Bonchev–Trinajstić information content (AvgIpc) is 2.32. The molecule has 0 saturated heterocycles. The molecule has 2 N–H and O–H groups in total. The molecule has 1 aromatic heterocycles. The van der Waals surface area contributed by atoms with Gasteiger partial charge in [0.2, 0.25) is 5.78 Å². The molecule has 0 fully saturated rings. The lowest BCUT2D eigenvalue weighted by molar-refractivity contribution is 0.104. The molecule has 0 unspecified atom stereocenters. The lowest BCUT2D eigenvalue weighted by Gasteiger charge is -2.03. The van der Waals surface area contributed by atoms with Crippen LogP contribution in [0, 0.1) is 5.41 Å². The molecule has 1 rings (SSSR count). The lowest BCUT2D eigenvalue weighted by Crippen LogP contribution is -2.02. The van der Waals surface area contributed by atoms with Gasteiger partial charge in [-0.15, -0.1) is 0 Å². The highest BCUT2D eigenvalue weighted by Crippen LogP contribution is 2.12. The van der Waals surface area contributed by atoms with Crippen molar-refractivity contribution in [2.75, 3.05) is 5.32 Å². The highest BCUT2D eigenvalue weighted by Gasteiger charge is 2.07. The Balaban J connectivity index is 0.000000921. The number of aromatic nitrogens is 1. The van der Waals surface area contributed by atoms with Crippen LogP contribution in [0.15, 0.2) is 43.8 Å². The van der Waals surface area contributed by atoms with Gasteiger partial charge in [-0.3, -0.25) is 9.78 Å². The Kier molecular flexibility index (Phi) is 6.13. The maximum Gasteiger partial charge on any atom is 0.205 e. The topological polar surface area (TPSA) is 65.8 Å². The molecule has 15 heavy (non-hydrogen) atoms. The predicted octanol–water partition coefficient (Wildman–Crippen LogP) is 2.27. The number of pyridine rings is 1. The fourth-order valence-corrected chi connectivity index (χ4v) is 0.925. The number of hydrogen-bond donors (Lipinski definition) is 2. The van der Waals surface area contributed by atoms with Gasteiger partial charge in [-0.05, 0) is 31.1 Å². The molecule has 0 atom stereocenters. The summed E-state index contributed by atoms with van der Waals surface area (Å²) in [6.45, 7) is 9.40. The minimum absolute atomic E-state index is 0.204. The van der Waals surface area contributed by atoms with Gasteiger partial charge < -0.3 is 10.7 Å². The van der Waals surface area contributed by atoms with Gasteiger partial charge in [0.25, 0.3) is 0 Å². The van der Waals surface area contributed by atoms with Crippen LogP contribution in [0.2, 0.25) is 0 Å². The van der Waals surface area contributed by atoms with Crippen molar-refractivity contribution in [2.45, 2.75) is 0 Å². The van der Waals surface area contributed by atoms with Crippen LogP contribution >= 0.6 is 0 Å². The largest absolute Gasteiger partial charge is 0.360 e. The van der Waals surface area contributed by atoms with E-state index in [9.17, 15) is 4.79 Å². The summed E-state index contributed by atoms with van der Waals surface area (Å²) >= 11 is 0. The molecule has 78 valence electrons. The van der Waals surface area contributed by atoms with Crippen LogP contribution in [0.1, 0.15) is 10.5 Å². The molecular weight excluding hydrogens is 190 g/mol. The van der Waals surface area contributed by atoms with E-state index in [2.05, 4.69) is 30.2 Å². The zero-order chi connectivity index (χ0) is 11.7. The SMILES string of the molecule is C=CNc1cccnc1C(=O)C=C.C=N. The van der Waals surface area contributed by atoms with E-state index in [4.69, 9.17) is 5.41 Å². The van der Waals surface area contributed by atoms with Crippen LogP contribution < -0.4 is 5.32 Å². The van der Waals surface area contributed by atoms with Gasteiger partial charge >= 0.3 is 0 Å². The molecule has 0 aliphatic heterocycles. The van der Waals surface area contributed by atoms with E-state index >= 15 is 0 Å². The fourth-order valence-electron chi connectivity index (χ4n) is 0.925. The van der Waals surface area contributed by atoms with Gasteiger partial charge in [-0.2, -0.15) is 0 Å². The number of allylic oxidation sites excluding steroid dienone is 1. The molecule has 4 heteroatoms. The summed E-state index contributed by atoms with van der Waals surface area (Å²) < 4.78 is 0. The number of nitrogens with zero attached hydrogens (tertiary/aromatic N) is 1. The minimum Gasteiger partial charge on any atom is -0.360 e. The van der Waals surface area contributed by atoms with Gasteiger partial charge in [-0.1, -0.05) is 13.2 Å². The standard InChI is InChI=1S/C10H10N2O.CH3N/c1-3-9(13)10-8(11-4-2)6-5-7-12-10;1-2/h3-7,11H,1-2H2;2H,1H2. The Morgan fingerprint density at radius 2 is 2.13 bits per heavy atom. The molecule has 4 nitrogen and oxygen atoms in total. The normalized spacial score (nSPS) is 8.00. The Hall–Kier alpha value is -2.23. The number of carbonyl (C=O) groups is 1. The molecule has 0 bridgehead atoms. The second kappa shape index (κ2) is 7.20. The fraction of sp³-hybridized carbons (Fsp3) is 0. The summed E-state index contributed by atoms with van der Waals surface area (Å²) in [5.41, 5.74) is 1.000. The molecule has 1 heterocycles. The molecule has 0 amide bonds. The van der Waals surface area contributed by atoms with Crippen molar-refractivity contribution in [1.82, 2.24) is 4.98 Å². The highest BCUT2D eigenvalue weighted by atomic mass is 16.1. The zero-order valence-electron chi connectivity index (χ0n) is 8.36. The van der Waals surface area contributed by atoms with Gasteiger partial charge in [-0.25, -0.2) is 0 Å². The average molecular weight is 203 g/mol. The van der Waals surface area contributed by atoms with Crippen molar-refractivity contribution in [3.8, 4) is 0 Å². The smallest absolute Gasteiger partial charge is 0.205 e. The summed E-state index contributed by atoms with van der Waals surface area (Å²) in [6.07, 6.45) is 4.29. The van der Waals surface area contributed by atoms with Crippen molar-refractivity contribution in [3.05, 3.63) is 49.5 Å². The Labute approximate surface area is 88.9 Å². The first-order valence-corrected chi connectivity index (χ1v) is 4.14. The Morgan fingerprint density at radius 3 is 2.67 bits per heavy atom. The van der Waals surface area contributed by atoms with Gasteiger partial charge in [0, 0.05) is 6.20 Å². The summed E-state index contributed by atoms with van der Waals surface area (Å²) in [6, 6.07) is 3.50. The predicted molar refractivity (Wildman–Crippen MR) is 62.4 cm³/mol. The molecule has 0 aliphatic rings. The molecule has 1 aromatic rings. The maximum atomic E-state index is 11.3.